The highest BCUT2D eigenvalue weighted by molar-refractivity contribution is 7.98. The Hall–Kier alpha value is -2.71. The van der Waals surface area contributed by atoms with E-state index < -0.39 is 0 Å². The van der Waals surface area contributed by atoms with Crippen molar-refractivity contribution >= 4 is 34.3 Å². The number of tetrazole rings is 1. The summed E-state index contributed by atoms with van der Waals surface area (Å²) in [6.45, 7) is 8.79. The number of fused-ring (bicyclic) bond motifs is 1. The van der Waals surface area contributed by atoms with E-state index in [4.69, 9.17) is 16.6 Å². The molecule has 0 saturated carbocycles. The number of benzene rings is 2. The topological polar surface area (TPSA) is 78.5 Å². The van der Waals surface area contributed by atoms with Crippen LogP contribution in [0.4, 0.5) is 0 Å². The van der Waals surface area contributed by atoms with Crippen LogP contribution >= 0.6 is 23.4 Å². The lowest BCUT2D eigenvalue weighted by Crippen LogP contribution is -2.25. The second-order valence-corrected chi connectivity index (χ2v) is 9.28. The van der Waals surface area contributed by atoms with Gasteiger partial charge in [-0.1, -0.05) is 55.4 Å². The smallest absolute Gasteiger partial charge is 0.262 e. The summed E-state index contributed by atoms with van der Waals surface area (Å²) in [5, 5.41) is 14.0. The molecule has 7 nitrogen and oxygen atoms in total. The molecule has 0 aliphatic rings. The maximum absolute atomic E-state index is 13.2. The van der Waals surface area contributed by atoms with E-state index in [2.05, 4.69) is 29.4 Å². The van der Waals surface area contributed by atoms with E-state index in [9.17, 15) is 4.79 Å². The van der Waals surface area contributed by atoms with Crippen molar-refractivity contribution in [2.24, 2.45) is 5.92 Å². The van der Waals surface area contributed by atoms with Crippen LogP contribution < -0.4 is 5.56 Å². The van der Waals surface area contributed by atoms with E-state index >= 15 is 0 Å². The van der Waals surface area contributed by atoms with Crippen LogP contribution in [0.2, 0.25) is 5.02 Å². The molecular weight excluding hydrogens is 432 g/mol. The number of hydrogen-bond acceptors (Lipinski definition) is 6. The standard InChI is InChI=1S/C22H23ClN6OS/c1-13(2)11-28-21(30)17-10-16(23)8-9-18(17)24-22(28)31-12-19-25-26-27-29(19)20-14(3)6-5-7-15(20)4/h5-10,13H,11-12H2,1-4H3. The van der Waals surface area contributed by atoms with Crippen molar-refractivity contribution in [2.75, 3.05) is 0 Å². The molecule has 0 aliphatic heterocycles. The summed E-state index contributed by atoms with van der Waals surface area (Å²) in [6, 6.07) is 11.3. The van der Waals surface area contributed by atoms with Crippen LogP contribution in [-0.4, -0.2) is 29.8 Å². The first-order chi connectivity index (χ1) is 14.8. The molecule has 2 aromatic carbocycles. The maximum atomic E-state index is 13.2. The molecule has 0 bridgehead atoms. The third-order valence-corrected chi connectivity index (χ3v) is 6.15. The fraction of sp³-hybridized carbons (Fsp3) is 0.318. The minimum absolute atomic E-state index is 0.0851. The first-order valence-corrected chi connectivity index (χ1v) is 11.4. The largest absolute Gasteiger partial charge is 0.287 e. The summed E-state index contributed by atoms with van der Waals surface area (Å²) in [4.78, 5) is 17.9. The predicted molar refractivity (Wildman–Crippen MR) is 124 cm³/mol. The lowest BCUT2D eigenvalue weighted by atomic mass is 10.1. The first-order valence-electron chi connectivity index (χ1n) is 10.0. The number of hydrogen-bond donors (Lipinski definition) is 0. The van der Waals surface area contributed by atoms with E-state index in [1.54, 1.807) is 27.4 Å². The number of rotatable bonds is 6. The van der Waals surface area contributed by atoms with Crippen molar-refractivity contribution in [3.8, 4) is 5.69 Å². The summed E-state index contributed by atoms with van der Waals surface area (Å²) < 4.78 is 3.49. The van der Waals surface area contributed by atoms with Gasteiger partial charge >= 0.3 is 0 Å². The highest BCUT2D eigenvalue weighted by atomic mass is 35.5. The number of thioether (sulfide) groups is 1. The molecule has 0 N–H and O–H groups in total. The quantitative estimate of drug-likeness (QED) is 0.313. The van der Waals surface area contributed by atoms with Crippen molar-refractivity contribution in [3.63, 3.8) is 0 Å². The summed E-state index contributed by atoms with van der Waals surface area (Å²) in [5.41, 5.74) is 3.71. The molecule has 0 aliphatic carbocycles. The molecule has 160 valence electrons. The molecule has 0 unspecified atom stereocenters. The Morgan fingerprint density at radius 2 is 1.87 bits per heavy atom. The van der Waals surface area contributed by atoms with Gasteiger partial charge in [-0.3, -0.25) is 9.36 Å². The molecule has 0 saturated heterocycles. The highest BCUT2D eigenvalue weighted by Crippen LogP contribution is 2.25. The van der Waals surface area contributed by atoms with Gasteiger partial charge in [-0.15, -0.1) is 5.10 Å². The van der Waals surface area contributed by atoms with Gasteiger partial charge < -0.3 is 0 Å². The van der Waals surface area contributed by atoms with Gasteiger partial charge in [-0.05, 0) is 59.5 Å². The molecule has 2 aromatic heterocycles. The van der Waals surface area contributed by atoms with Gasteiger partial charge in [0.05, 0.1) is 22.3 Å². The van der Waals surface area contributed by atoms with Crippen molar-refractivity contribution in [1.82, 2.24) is 29.8 Å². The average molecular weight is 455 g/mol. The van der Waals surface area contributed by atoms with Gasteiger partial charge in [0, 0.05) is 11.6 Å². The van der Waals surface area contributed by atoms with Gasteiger partial charge in [0.2, 0.25) is 0 Å². The molecule has 4 rings (SSSR count). The first kappa shape index (κ1) is 21.5. The zero-order valence-electron chi connectivity index (χ0n) is 17.8. The monoisotopic (exact) mass is 454 g/mol. The van der Waals surface area contributed by atoms with Crippen LogP contribution in [0, 0.1) is 19.8 Å². The Kier molecular flexibility index (Phi) is 6.11. The van der Waals surface area contributed by atoms with Gasteiger partial charge in [-0.2, -0.15) is 4.68 Å². The predicted octanol–water partition coefficient (Wildman–Crippen LogP) is 4.59. The number of aromatic nitrogens is 6. The zero-order valence-corrected chi connectivity index (χ0v) is 19.4. The van der Waals surface area contributed by atoms with Gasteiger partial charge in [0.25, 0.3) is 5.56 Å². The summed E-state index contributed by atoms with van der Waals surface area (Å²) in [7, 11) is 0. The van der Waals surface area contributed by atoms with Crippen molar-refractivity contribution in [3.05, 3.63) is 68.7 Å². The molecule has 0 amide bonds. The van der Waals surface area contributed by atoms with Crippen LogP contribution in [0.25, 0.3) is 16.6 Å². The second kappa shape index (κ2) is 8.80. The third-order valence-electron chi connectivity index (χ3n) is 4.94. The maximum Gasteiger partial charge on any atom is 0.262 e. The molecule has 4 aromatic rings. The molecule has 0 fully saturated rings. The molecule has 0 atom stereocenters. The molecule has 0 spiro atoms. The lowest BCUT2D eigenvalue weighted by Gasteiger charge is -2.15. The molecular formula is C22H23ClN6OS. The fourth-order valence-electron chi connectivity index (χ4n) is 3.55. The molecule has 0 radical (unpaired) electrons. The summed E-state index contributed by atoms with van der Waals surface area (Å²) in [6.07, 6.45) is 0. The Balaban J connectivity index is 1.73. The van der Waals surface area contributed by atoms with Crippen LogP contribution in [0.3, 0.4) is 0 Å². The van der Waals surface area contributed by atoms with E-state index in [-0.39, 0.29) is 11.5 Å². The van der Waals surface area contributed by atoms with Crippen molar-refractivity contribution < 1.29 is 0 Å². The molecule has 31 heavy (non-hydrogen) atoms. The van der Waals surface area contributed by atoms with Crippen LogP contribution in [0.1, 0.15) is 30.8 Å². The van der Waals surface area contributed by atoms with Gasteiger partial charge in [0.15, 0.2) is 11.0 Å². The van der Waals surface area contributed by atoms with E-state index in [0.717, 1.165) is 16.8 Å². The Morgan fingerprint density at radius 1 is 1.13 bits per heavy atom. The Labute approximate surface area is 189 Å². The van der Waals surface area contributed by atoms with E-state index in [1.807, 2.05) is 32.0 Å². The molecule has 2 heterocycles. The number of aryl methyl sites for hydroxylation is 2. The van der Waals surface area contributed by atoms with Crippen molar-refractivity contribution in [2.45, 2.75) is 45.1 Å². The van der Waals surface area contributed by atoms with Crippen LogP contribution in [-0.2, 0) is 12.3 Å². The Morgan fingerprint density at radius 3 is 2.58 bits per heavy atom. The van der Waals surface area contributed by atoms with Crippen LogP contribution in [0.5, 0.6) is 0 Å². The minimum Gasteiger partial charge on any atom is -0.287 e. The summed E-state index contributed by atoms with van der Waals surface area (Å²) >= 11 is 7.57. The van der Waals surface area contributed by atoms with Crippen LogP contribution in [0.15, 0.2) is 46.3 Å². The zero-order chi connectivity index (χ0) is 22.1. The number of para-hydroxylation sites is 1. The second-order valence-electron chi connectivity index (χ2n) is 7.90. The fourth-order valence-corrected chi connectivity index (χ4v) is 4.63. The Bertz CT molecular complexity index is 1290. The highest BCUT2D eigenvalue weighted by Gasteiger charge is 2.17. The number of halogens is 1. The van der Waals surface area contributed by atoms with Gasteiger partial charge in [-0.25, -0.2) is 4.98 Å². The molecule has 9 heteroatoms. The average Bonchev–Trinajstić information content (AvgIpc) is 3.17. The number of nitrogens with zero attached hydrogens (tertiary/aromatic N) is 6. The third kappa shape index (κ3) is 4.36. The normalized spacial score (nSPS) is 11.5. The van der Waals surface area contributed by atoms with E-state index in [0.29, 0.717) is 39.2 Å². The minimum atomic E-state index is -0.0851. The summed E-state index contributed by atoms with van der Waals surface area (Å²) in [5.74, 6) is 1.46. The van der Waals surface area contributed by atoms with E-state index in [1.165, 1.54) is 11.8 Å². The SMILES string of the molecule is Cc1cccc(C)c1-n1nnnc1CSc1nc2ccc(Cl)cc2c(=O)n1CC(C)C. The lowest BCUT2D eigenvalue weighted by molar-refractivity contribution is 0.475. The van der Waals surface area contributed by atoms with Crippen molar-refractivity contribution in [1.29, 1.82) is 0 Å². The van der Waals surface area contributed by atoms with Gasteiger partial charge in [0.1, 0.15) is 0 Å².